The largest absolute Gasteiger partial charge is 0.319 e. The van der Waals surface area contributed by atoms with Crippen molar-refractivity contribution in [3.8, 4) is 11.4 Å². The number of nitrogens with one attached hydrogen (secondary N) is 1. The number of hydrogen-bond acceptors (Lipinski definition) is 6. The van der Waals surface area contributed by atoms with E-state index in [0.717, 1.165) is 17.3 Å². The molecule has 2 aromatic carbocycles. The van der Waals surface area contributed by atoms with Crippen molar-refractivity contribution in [3.05, 3.63) is 63.5 Å². The number of nitro groups is 1. The van der Waals surface area contributed by atoms with Crippen LogP contribution < -0.4 is 5.32 Å². The van der Waals surface area contributed by atoms with Gasteiger partial charge in [0, 0.05) is 13.1 Å². The summed E-state index contributed by atoms with van der Waals surface area (Å²) in [6, 6.07) is 9.23. The quantitative estimate of drug-likeness (QED) is 0.372. The molecule has 1 heterocycles. The molecule has 0 bridgehead atoms. The van der Waals surface area contributed by atoms with E-state index in [-0.39, 0.29) is 17.1 Å². The van der Waals surface area contributed by atoms with Crippen molar-refractivity contribution in [3.63, 3.8) is 0 Å². The summed E-state index contributed by atoms with van der Waals surface area (Å²) >= 11 is 1.11. The van der Waals surface area contributed by atoms with Crippen LogP contribution in [-0.2, 0) is 11.8 Å². The van der Waals surface area contributed by atoms with Gasteiger partial charge < -0.3 is 9.88 Å². The van der Waals surface area contributed by atoms with Crippen LogP contribution in [0.15, 0.2) is 41.6 Å². The number of nitrogens with zero attached hydrogens (tertiary/aromatic N) is 4. The molecular weight excluding hydrogens is 397 g/mol. The van der Waals surface area contributed by atoms with Crippen LogP contribution >= 0.6 is 11.8 Å². The first-order chi connectivity index (χ1) is 13.8. The van der Waals surface area contributed by atoms with Gasteiger partial charge in [0.05, 0.1) is 16.2 Å². The van der Waals surface area contributed by atoms with Crippen molar-refractivity contribution in [1.29, 1.82) is 0 Å². The topological polar surface area (TPSA) is 103 Å². The molecule has 0 radical (unpaired) electrons. The van der Waals surface area contributed by atoms with E-state index >= 15 is 0 Å². The van der Waals surface area contributed by atoms with Gasteiger partial charge in [-0.2, -0.15) is 0 Å². The summed E-state index contributed by atoms with van der Waals surface area (Å²) in [5, 5.41) is 22.3. The molecule has 3 aromatic rings. The summed E-state index contributed by atoms with van der Waals surface area (Å²) in [5.74, 6) is -0.522. The molecule has 10 heteroatoms. The van der Waals surface area contributed by atoms with E-state index in [2.05, 4.69) is 15.5 Å². The number of carbonyl (C=O) groups excluding carboxylic acids is 1. The fourth-order valence-electron chi connectivity index (χ4n) is 2.73. The Morgan fingerprint density at radius 3 is 2.66 bits per heavy atom. The zero-order valence-corrected chi connectivity index (χ0v) is 16.8. The van der Waals surface area contributed by atoms with Crippen molar-refractivity contribution < 1.29 is 14.1 Å². The number of carbonyl (C=O) groups is 1. The number of amides is 1. The van der Waals surface area contributed by atoms with Crippen molar-refractivity contribution in [2.75, 3.05) is 11.1 Å². The SMILES string of the molecule is Cc1ccc([N+](=O)[O-])c(NC(=O)CSc2nnc(-c3ccccc3F)n2C)c1C. The fraction of sp³-hybridized carbons (Fsp3) is 0.211. The zero-order chi connectivity index (χ0) is 21.1. The summed E-state index contributed by atoms with van der Waals surface area (Å²) in [6.45, 7) is 3.53. The van der Waals surface area contributed by atoms with Gasteiger partial charge in [-0.25, -0.2) is 4.39 Å². The highest BCUT2D eigenvalue weighted by molar-refractivity contribution is 7.99. The molecule has 1 N–H and O–H groups in total. The number of benzene rings is 2. The second-order valence-corrected chi connectivity index (χ2v) is 7.28. The Morgan fingerprint density at radius 1 is 1.24 bits per heavy atom. The fourth-order valence-corrected chi connectivity index (χ4v) is 3.45. The third-order valence-corrected chi connectivity index (χ3v) is 5.48. The molecule has 8 nitrogen and oxygen atoms in total. The van der Waals surface area contributed by atoms with Crippen molar-refractivity contribution >= 4 is 29.0 Å². The summed E-state index contributed by atoms with van der Waals surface area (Å²) in [4.78, 5) is 23.1. The predicted molar refractivity (Wildman–Crippen MR) is 108 cm³/mol. The molecule has 29 heavy (non-hydrogen) atoms. The minimum Gasteiger partial charge on any atom is -0.319 e. The molecule has 0 aliphatic carbocycles. The summed E-state index contributed by atoms with van der Waals surface area (Å²) in [5.41, 5.74) is 1.81. The molecule has 0 atom stereocenters. The van der Waals surface area contributed by atoms with Crippen molar-refractivity contribution in [1.82, 2.24) is 14.8 Å². The average molecular weight is 415 g/mol. The first kappa shape index (κ1) is 20.5. The van der Waals surface area contributed by atoms with Gasteiger partial charge in [-0.05, 0) is 37.1 Å². The Labute approximate surface area is 170 Å². The lowest BCUT2D eigenvalue weighted by Gasteiger charge is -2.11. The number of aromatic nitrogens is 3. The molecule has 0 fully saturated rings. The van der Waals surface area contributed by atoms with E-state index < -0.39 is 16.6 Å². The lowest BCUT2D eigenvalue weighted by molar-refractivity contribution is -0.384. The molecule has 0 saturated heterocycles. The molecule has 0 saturated carbocycles. The van der Waals surface area contributed by atoms with Gasteiger partial charge in [0.1, 0.15) is 11.5 Å². The van der Waals surface area contributed by atoms with Crippen molar-refractivity contribution in [2.24, 2.45) is 7.05 Å². The minimum absolute atomic E-state index is 0.0339. The molecular formula is C19H18FN5O3S. The van der Waals surface area contributed by atoms with E-state index in [9.17, 15) is 19.3 Å². The molecule has 0 aliphatic heterocycles. The van der Waals surface area contributed by atoms with E-state index in [1.165, 1.54) is 12.1 Å². The minimum atomic E-state index is -0.529. The average Bonchev–Trinajstić information content (AvgIpc) is 3.04. The Morgan fingerprint density at radius 2 is 1.97 bits per heavy atom. The van der Waals surface area contributed by atoms with Crippen LogP contribution in [0, 0.1) is 29.8 Å². The smallest absolute Gasteiger partial charge is 0.293 e. The second kappa shape index (κ2) is 8.39. The zero-order valence-electron chi connectivity index (χ0n) is 16.0. The van der Waals surface area contributed by atoms with Gasteiger partial charge in [0.2, 0.25) is 5.91 Å². The number of nitro benzene ring substituents is 1. The van der Waals surface area contributed by atoms with Crippen LogP contribution in [0.25, 0.3) is 11.4 Å². The van der Waals surface area contributed by atoms with E-state index in [1.54, 1.807) is 42.8 Å². The first-order valence-corrected chi connectivity index (χ1v) is 9.59. The molecule has 150 valence electrons. The van der Waals surface area contributed by atoms with E-state index in [4.69, 9.17) is 0 Å². The molecule has 0 unspecified atom stereocenters. The lowest BCUT2D eigenvalue weighted by Crippen LogP contribution is -2.16. The van der Waals surface area contributed by atoms with Crippen LogP contribution in [-0.4, -0.2) is 31.3 Å². The first-order valence-electron chi connectivity index (χ1n) is 8.61. The lowest BCUT2D eigenvalue weighted by atomic mass is 10.1. The standard InChI is InChI=1S/C19H18FN5O3S/c1-11-8-9-15(25(27)28)17(12(11)2)21-16(26)10-29-19-23-22-18(24(19)3)13-6-4-5-7-14(13)20/h4-9H,10H2,1-3H3,(H,21,26). The van der Waals surface area contributed by atoms with Gasteiger partial charge in [-0.15, -0.1) is 10.2 Å². The van der Waals surface area contributed by atoms with Crippen LogP contribution in [0.3, 0.4) is 0 Å². The number of anilines is 1. The Kier molecular flexibility index (Phi) is 5.92. The molecule has 0 aliphatic rings. The van der Waals surface area contributed by atoms with E-state index in [0.29, 0.717) is 22.1 Å². The van der Waals surface area contributed by atoms with Crippen LogP contribution in [0.5, 0.6) is 0 Å². The maximum absolute atomic E-state index is 14.0. The summed E-state index contributed by atoms with van der Waals surface area (Å²) in [7, 11) is 1.68. The van der Waals surface area contributed by atoms with Gasteiger partial charge in [0.15, 0.2) is 11.0 Å². The highest BCUT2D eigenvalue weighted by atomic mass is 32.2. The third-order valence-electron chi connectivity index (χ3n) is 4.46. The maximum Gasteiger partial charge on any atom is 0.293 e. The monoisotopic (exact) mass is 415 g/mol. The summed E-state index contributed by atoms with van der Waals surface area (Å²) in [6.07, 6.45) is 0. The van der Waals surface area contributed by atoms with E-state index in [1.807, 2.05) is 6.92 Å². The molecule has 1 amide bonds. The number of halogens is 1. The Bertz CT molecular complexity index is 1100. The van der Waals surface area contributed by atoms with Crippen molar-refractivity contribution in [2.45, 2.75) is 19.0 Å². The predicted octanol–water partition coefficient (Wildman–Crippen LogP) is 3.88. The van der Waals surface area contributed by atoms with Gasteiger partial charge in [0.25, 0.3) is 5.69 Å². The number of thioether (sulfide) groups is 1. The second-order valence-electron chi connectivity index (χ2n) is 6.34. The Hall–Kier alpha value is -3.27. The molecule has 3 rings (SSSR count). The number of rotatable bonds is 6. The van der Waals surface area contributed by atoms with Gasteiger partial charge in [-0.3, -0.25) is 14.9 Å². The van der Waals surface area contributed by atoms with Crippen LogP contribution in [0.4, 0.5) is 15.8 Å². The number of aryl methyl sites for hydroxylation is 1. The highest BCUT2D eigenvalue weighted by Gasteiger charge is 2.20. The summed E-state index contributed by atoms with van der Waals surface area (Å²) < 4.78 is 15.6. The third kappa shape index (κ3) is 4.27. The molecule has 0 spiro atoms. The van der Waals surface area contributed by atoms with Crippen LogP contribution in [0.2, 0.25) is 0 Å². The number of hydrogen-bond donors (Lipinski definition) is 1. The van der Waals surface area contributed by atoms with Crippen LogP contribution in [0.1, 0.15) is 11.1 Å². The van der Waals surface area contributed by atoms with Gasteiger partial charge in [-0.1, -0.05) is 30.0 Å². The highest BCUT2D eigenvalue weighted by Crippen LogP contribution is 2.31. The maximum atomic E-state index is 14.0. The van der Waals surface area contributed by atoms with Gasteiger partial charge >= 0.3 is 0 Å². The Balaban J connectivity index is 1.74. The molecule has 1 aromatic heterocycles. The normalized spacial score (nSPS) is 10.8.